The van der Waals surface area contributed by atoms with Crippen LogP contribution in [0.5, 0.6) is 17.2 Å². The smallest absolute Gasteiger partial charge is 0.412 e. The summed E-state index contributed by atoms with van der Waals surface area (Å²) in [5.74, 6) is 2.52. The predicted molar refractivity (Wildman–Crippen MR) is 153 cm³/mol. The van der Waals surface area contributed by atoms with E-state index in [-0.39, 0.29) is 6.09 Å². The number of unbranched alkanes of at least 4 members (excludes halogenated alkanes) is 4. The van der Waals surface area contributed by atoms with Gasteiger partial charge in [-0.25, -0.2) is 4.79 Å². The van der Waals surface area contributed by atoms with Gasteiger partial charge < -0.3 is 24.1 Å². The second-order valence-corrected chi connectivity index (χ2v) is 10.4. The monoisotopic (exact) mass is 537 g/mol. The number of nitrogens with one attached hydrogen (secondary N) is 1. The van der Waals surface area contributed by atoms with Crippen LogP contribution in [0, 0.1) is 5.92 Å². The van der Waals surface area contributed by atoms with Crippen molar-refractivity contribution < 1.29 is 23.5 Å². The molecule has 0 spiro atoms. The summed E-state index contributed by atoms with van der Waals surface area (Å²) in [5.41, 5.74) is 2.66. The zero-order chi connectivity index (χ0) is 27.5. The number of nitrogens with zero attached hydrogens (tertiary/aromatic N) is 2. The molecule has 3 aromatic rings. The molecule has 4 rings (SSSR count). The number of rotatable bonds is 14. The summed E-state index contributed by atoms with van der Waals surface area (Å²) in [5, 5.41) is 8.22. The lowest BCUT2D eigenvalue weighted by Gasteiger charge is -2.32. The van der Waals surface area contributed by atoms with Crippen LogP contribution in [0.2, 0.25) is 0 Å². The number of aromatic nitrogens is 1. The Bertz CT molecular complexity index is 1190. The standard InChI is InChI=1S/C31H43N3O5/c1-4-5-6-7-10-19-32-31(35)38-27-12-9-8-11-24(27)22-34-20-17-23(18-21-34)13-15-26-25-14-16-28(36-2)30(37-3)29(25)39-33-26/h8-9,11-12,14,16,23H,4-7,10,13,15,17-22H2,1-3H3,(H,32,35). The number of likely N-dealkylation sites (tertiary alicyclic amines) is 1. The van der Waals surface area contributed by atoms with E-state index in [4.69, 9.17) is 18.7 Å². The minimum absolute atomic E-state index is 0.368. The number of para-hydroxylation sites is 1. The van der Waals surface area contributed by atoms with Crippen LogP contribution in [0.15, 0.2) is 40.9 Å². The first-order valence-corrected chi connectivity index (χ1v) is 14.4. The van der Waals surface area contributed by atoms with Crippen molar-refractivity contribution in [2.24, 2.45) is 5.92 Å². The topological polar surface area (TPSA) is 86.1 Å². The molecule has 0 atom stereocenters. The molecule has 0 saturated carbocycles. The van der Waals surface area contributed by atoms with E-state index in [2.05, 4.69) is 28.4 Å². The Labute approximate surface area is 232 Å². The molecule has 1 fully saturated rings. The van der Waals surface area contributed by atoms with Crippen LogP contribution in [0.1, 0.15) is 69.5 Å². The van der Waals surface area contributed by atoms with Crippen LogP contribution in [0.4, 0.5) is 4.79 Å². The van der Waals surface area contributed by atoms with Crippen molar-refractivity contribution >= 4 is 17.1 Å². The van der Waals surface area contributed by atoms with Crippen molar-refractivity contribution in [3.05, 3.63) is 47.7 Å². The summed E-state index contributed by atoms with van der Waals surface area (Å²) in [6.07, 6.45) is 9.65. The highest BCUT2D eigenvalue weighted by Crippen LogP contribution is 2.37. The summed E-state index contributed by atoms with van der Waals surface area (Å²) < 4.78 is 22.1. The summed E-state index contributed by atoms with van der Waals surface area (Å²) in [6, 6.07) is 11.8. The van der Waals surface area contributed by atoms with Gasteiger partial charge in [0, 0.05) is 24.0 Å². The first-order valence-electron chi connectivity index (χ1n) is 14.4. The van der Waals surface area contributed by atoms with Crippen molar-refractivity contribution in [3.8, 4) is 17.2 Å². The molecule has 1 saturated heterocycles. The van der Waals surface area contributed by atoms with E-state index in [0.717, 1.165) is 74.8 Å². The highest BCUT2D eigenvalue weighted by molar-refractivity contribution is 5.87. The van der Waals surface area contributed by atoms with Gasteiger partial charge in [0.15, 0.2) is 5.75 Å². The molecule has 1 aliphatic heterocycles. The first-order chi connectivity index (χ1) is 19.1. The molecular formula is C31H43N3O5. The fraction of sp³-hybridized carbons (Fsp3) is 0.548. The Morgan fingerprint density at radius 2 is 1.82 bits per heavy atom. The molecule has 0 unspecified atom stereocenters. The van der Waals surface area contributed by atoms with Crippen molar-refractivity contribution in [3.63, 3.8) is 0 Å². The van der Waals surface area contributed by atoms with Crippen LogP contribution >= 0.6 is 0 Å². The van der Waals surface area contributed by atoms with Gasteiger partial charge in [0.1, 0.15) is 5.75 Å². The van der Waals surface area contributed by atoms with Gasteiger partial charge in [-0.2, -0.15) is 0 Å². The van der Waals surface area contributed by atoms with Crippen LogP contribution in [-0.2, 0) is 13.0 Å². The van der Waals surface area contributed by atoms with E-state index in [0.29, 0.717) is 35.3 Å². The number of carbonyl (C=O) groups is 1. The van der Waals surface area contributed by atoms with E-state index in [1.54, 1.807) is 14.2 Å². The minimum Gasteiger partial charge on any atom is -0.493 e. The highest BCUT2D eigenvalue weighted by Gasteiger charge is 2.22. The predicted octanol–water partition coefficient (Wildman–Crippen LogP) is 6.75. The quantitative estimate of drug-likeness (QED) is 0.228. The second-order valence-electron chi connectivity index (χ2n) is 10.4. The number of fused-ring (bicyclic) bond motifs is 1. The van der Waals surface area contributed by atoms with Crippen molar-refractivity contribution in [1.82, 2.24) is 15.4 Å². The van der Waals surface area contributed by atoms with E-state index in [1.807, 2.05) is 30.3 Å². The van der Waals surface area contributed by atoms with E-state index in [1.165, 1.54) is 19.3 Å². The van der Waals surface area contributed by atoms with Gasteiger partial charge in [-0.05, 0) is 69.3 Å². The van der Waals surface area contributed by atoms with E-state index >= 15 is 0 Å². The van der Waals surface area contributed by atoms with Gasteiger partial charge >= 0.3 is 6.09 Å². The largest absolute Gasteiger partial charge is 0.493 e. The average molecular weight is 538 g/mol. The van der Waals surface area contributed by atoms with E-state index in [9.17, 15) is 4.79 Å². The number of piperidine rings is 1. The number of hydrogen-bond acceptors (Lipinski definition) is 7. The van der Waals surface area contributed by atoms with Gasteiger partial charge in [0.25, 0.3) is 0 Å². The van der Waals surface area contributed by atoms with Crippen LogP contribution in [0.25, 0.3) is 11.0 Å². The van der Waals surface area contributed by atoms with Crippen LogP contribution < -0.4 is 19.5 Å². The maximum absolute atomic E-state index is 12.3. The van der Waals surface area contributed by atoms with Gasteiger partial charge in [-0.15, -0.1) is 0 Å². The van der Waals surface area contributed by atoms with Crippen molar-refractivity contribution in [1.29, 1.82) is 0 Å². The summed E-state index contributed by atoms with van der Waals surface area (Å²) in [6.45, 7) is 5.68. The molecule has 1 aliphatic rings. The number of hydrogen-bond donors (Lipinski definition) is 1. The first kappa shape index (κ1) is 28.7. The Morgan fingerprint density at radius 1 is 1.03 bits per heavy atom. The lowest BCUT2D eigenvalue weighted by molar-refractivity contribution is 0.169. The van der Waals surface area contributed by atoms with Gasteiger partial charge in [0.2, 0.25) is 11.3 Å². The van der Waals surface area contributed by atoms with Gasteiger partial charge in [-0.3, -0.25) is 4.90 Å². The fourth-order valence-electron chi connectivity index (χ4n) is 5.35. The van der Waals surface area contributed by atoms with Crippen LogP contribution in [0.3, 0.4) is 0 Å². The lowest BCUT2D eigenvalue weighted by atomic mass is 9.91. The molecule has 8 heteroatoms. The fourth-order valence-corrected chi connectivity index (χ4v) is 5.35. The summed E-state index contributed by atoms with van der Waals surface area (Å²) >= 11 is 0. The third-order valence-electron chi connectivity index (χ3n) is 7.67. The Hall–Kier alpha value is -3.26. The second kappa shape index (κ2) is 14.8. The molecule has 39 heavy (non-hydrogen) atoms. The van der Waals surface area contributed by atoms with E-state index < -0.39 is 0 Å². The number of benzene rings is 2. The highest BCUT2D eigenvalue weighted by atomic mass is 16.6. The number of amides is 1. The summed E-state index contributed by atoms with van der Waals surface area (Å²) in [7, 11) is 3.23. The molecule has 212 valence electrons. The van der Waals surface area contributed by atoms with Crippen molar-refractivity contribution in [2.75, 3.05) is 33.9 Å². The molecule has 1 aromatic heterocycles. The molecule has 0 radical (unpaired) electrons. The minimum atomic E-state index is -0.368. The molecule has 0 bridgehead atoms. The molecule has 2 heterocycles. The molecule has 0 aliphatic carbocycles. The number of carbonyl (C=O) groups excluding carboxylic acids is 1. The third kappa shape index (κ3) is 7.88. The Morgan fingerprint density at radius 3 is 2.59 bits per heavy atom. The molecule has 2 aromatic carbocycles. The summed E-state index contributed by atoms with van der Waals surface area (Å²) in [4.78, 5) is 14.8. The maximum Gasteiger partial charge on any atom is 0.412 e. The Kier molecular flexibility index (Phi) is 10.9. The Balaban J connectivity index is 1.23. The number of ether oxygens (including phenoxy) is 3. The van der Waals surface area contributed by atoms with Crippen molar-refractivity contribution in [2.45, 2.75) is 71.3 Å². The van der Waals surface area contributed by atoms with Gasteiger partial charge in [0.05, 0.1) is 19.9 Å². The molecule has 1 N–H and O–H groups in total. The maximum atomic E-state index is 12.3. The SMILES string of the molecule is CCCCCCCNC(=O)Oc1ccccc1CN1CCC(CCc2noc3c(OC)c(OC)ccc23)CC1. The average Bonchev–Trinajstić information content (AvgIpc) is 3.38. The zero-order valence-electron chi connectivity index (χ0n) is 23.7. The molecule has 8 nitrogen and oxygen atoms in total. The lowest BCUT2D eigenvalue weighted by Crippen LogP contribution is -2.34. The number of aryl methyl sites for hydroxylation is 1. The third-order valence-corrected chi connectivity index (χ3v) is 7.67. The zero-order valence-corrected chi connectivity index (χ0v) is 23.7. The van der Waals surface area contributed by atoms with Crippen LogP contribution in [-0.4, -0.2) is 50.0 Å². The van der Waals surface area contributed by atoms with Gasteiger partial charge in [-0.1, -0.05) is 56.0 Å². The molecular weight excluding hydrogens is 494 g/mol. The normalized spacial score (nSPS) is 14.4. The molecule has 1 amide bonds. The number of methoxy groups -OCH3 is 2.